The van der Waals surface area contributed by atoms with Crippen LogP contribution in [0.4, 0.5) is 0 Å². The number of methoxy groups -OCH3 is 1. The molecule has 0 heterocycles. The molecule has 0 aliphatic rings. The van der Waals surface area contributed by atoms with Crippen molar-refractivity contribution in [2.24, 2.45) is 11.7 Å². The van der Waals surface area contributed by atoms with Gasteiger partial charge in [0, 0.05) is 12.1 Å². The van der Waals surface area contributed by atoms with Crippen LogP contribution in [-0.4, -0.2) is 33.6 Å². The largest absolute Gasteiger partial charge is 0.465 e. The molecule has 0 bridgehead atoms. The Balaban J connectivity index is 3.14. The van der Waals surface area contributed by atoms with Crippen LogP contribution >= 0.6 is 11.6 Å². The van der Waals surface area contributed by atoms with Gasteiger partial charge in [-0.15, -0.1) is 0 Å². The number of carbonyl (C=O) groups is 1. The summed E-state index contributed by atoms with van der Waals surface area (Å²) in [5, 5.41) is 0.0121. The summed E-state index contributed by atoms with van der Waals surface area (Å²) in [5.41, 5.74) is 5.08. The highest BCUT2D eigenvalue weighted by Gasteiger charge is 2.30. The molecule has 8 heteroatoms. The zero-order valence-electron chi connectivity index (χ0n) is 13.7. The number of hydrogen-bond acceptors (Lipinski definition) is 5. The third-order valence-electron chi connectivity index (χ3n) is 3.35. The summed E-state index contributed by atoms with van der Waals surface area (Å²) in [4.78, 5) is 11.5. The predicted octanol–water partition coefficient (Wildman–Crippen LogP) is 2.17. The highest BCUT2D eigenvalue weighted by Crippen LogP contribution is 2.24. The Bertz CT molecular complexity index is 676. The highest BCUT2D eigenvalue weighted by molar-refractivity contribution is 7.89. The van der Waals surface area contributed by atoms with Gasteiger partial charge in [-0.3, -0.25) is 0 Å². The number of esters is 1. The molecule has 1 aromatic rings. The molecule has 0 aliphatic heterocycles. The molecule has 0 amide bonds. The van der Waals surface area contributed by atoms with Crippen LogP contribution in [0.2, 0.25) is 5.02 Å². The standard InChI is InChI=1S/C15H23ClN2O4S/c1-10(2)8-15(3,9-17)18-23(20,21)11-5-6-12(13(16)7-11)14(19)22-4/h5-7,10,18H,8-9,17H2,1-4H3/t15-/m0/s1. The summed E-state index contributed by atoms with van der Waals surface area (Å²) in [7, 11) is -2.59. The van der Waals surface area contributed by atoms with Crippen molar-refractivity contribution in [1.29, 1.82) is 0 Å². The summed E-state index contributed by atoms with van der Waals surface area (Å²) in [6.45, 7) is 5.90. The number of carbonyl (C=O) groups excluding carboxylic acids is 1. The maximum atomic E-state index is 12.5. The smallest absolute Gasteiger partial charge is 0.339 e. The van der Waals surface area contributed by atoms with Gasteiger partial charge in [0.05, 0.1) is 22.6 Å². The Kier molecular flexibility index (Phi) is 6.59. The summed E-state index contributed by atoms with van der Waals surface area (Å²) < 4.78 is 32.3. The van der Waals surface area contributed by atoms with Crippen LogP contribution in [0.3, 0.4) is 0 Å². The molecule has 0 unspecified atom stereocenters. The molecule has 0 aromatic heterocycles. The molecule has 0 saturated heterocycles. The Hall–Kier alpha value is -1.15. The van der Waals surface area contributed by atoms with Crippen molar-refractivity contribution in [1.82, 2.24) is 4.72 Å². The van der Waals surface area contributed by atoms with Crippen molar-refractivity contribution in [3.63, 3.8) is 0 Å². The lowest BCUT2D eigenvalue weighted by Crippen LogP contribution is -2.51. The number of halogens is 1. The Morgan fingerprint density at radius 2 is 2.04 bits per heavy atom. The average Bonchev–Trinajstić information content (AvgIpc) is 2.44. The lowest BCUT2D eigenvalue weighted by atomic mass is 9.92. The number of nitrogens with two attached hydrogens (primary N) is 1. The fraction of sp³-hybridized carbons (Fsp3) is 0.533. The zero-order valence-corrected chi connectivity index (χ0v) is 15.3. The molecule has 1 rings (SSSR count). The van der Waals surface area contributed by atoms with Crippen LogP contribution in [-0.2, 0) is 14.8 Å². The molecule has 1 atom stereocenters. The van der Waals surface area contributed by atoms with Gasteiger partial charge in [0.2, 0.25) is 10.0 Å². The lowest BCUT2D eigenvalue weighted by molar-refractivity contribution is 0.0601. The summed E-state index contributed by atoms with van der Waals surface area (Å²) >= 11 is 5.98. The van der Waals surface area contributed by atoms with E-state index in [9.17, 15) is 13.2 Å². The summed E-state index contributed by atoms with van der Waals surface area (Å²) in [5.74, 6) is -0.352. The number of ether oxygens (including phenoxy) is 1. The molecule has 6 nitrogen and oxygen atoms in total. The number of benzene rings is 1. The van der Waals surface area contributed by atoms with E-state index < -0.39 is 21.5 Å². The van der Waals surface area contributed by atoms with Gasteiger partial charge in [0.25, 0.3) is 0 Å². The second-order valence-corrected chi connectivity index (χ2v) is 8.19. The fourth-order valence-corrected chi connectivity index (χ4v) is 4.17. The lowest BCUT2D eigenvalue weighted by Gasteiger charge is -2.30. The third-order valence-corrected chi connectivity index (χ3v) is 5.29. The normalized spacial score (nSPS) is 14.6. The Morgan fingerprint density at radius 3 is 2.48 bits per heavy atom. The van der Waals surface area contributed by atoms with Gasteiger partial charge in [-0.25, -0.2) is 17.9 Å². The summed E-state index contributed by atoms with van der Waals surface area (Å²) in [6.07, 6.45) is 0.594. The van der Waals surface area contributed by atoms with Gasteiger partial charge in [0.15, 0.2) is 0 Å². The molecule has 1 aromatic carbocycles. The average molecular weight is 363 g/mol. The predicted molar refractivity (Wildman–Crippen MR) is 90.0 cm³/mol. The van der Waals surface area contributed by atoms with Crippen molar-refractivity contribution >= 4 is 27.6 Å². The van der Waals surface area contributed by atoms with Crippen LogP contribution < -0.4 is 10.5 Å². The van der Waals surface area contributed by atoms with E-state index in [0.717, 1.165) is 0 Å². The SMILES string of the molecule is COC(=O)c1ccc(S(=O)(=O)N[C@](C)(CN)CC(C)C)cc1Cl. The van der Waals surface area contributed by atoms with Gasteiger partial charge in [-0.05, 0) is 37.5 Å². The number of nitrogens with one attached hydrogen (secondary N) is 1. The van der Waals surface area contributed by atoms with Gasteiger partial charge in [-0.2, -0.15) is 0 Å². The summed E-state index contributed by atoms with van der Waals surface area (Å²) in [6, 6.07) is 3.86. The molecular weight excluding hydrogens is 340 g/mol. The molecule has 0 saturated carbocycles. The van der Waals surface area contributed by atoms with Gasteiger partial charge >= 0.3 is 5.97 Å². The van der Waals surface area contributed by atoms with E-state index in [-0.39, 0.29) is 27.9 Å². The fourth-order valence-electron chi connectivity index (χ4n) is 2.39. The second-order valence-electron chi connectivity index (χ2n) is 6.10. The molecular formula is C15H23ClN2O4S. The first-order valence-corrected chi connectivity index (χ1v) is 9.02. The topological polar surface area (TPSA) is 98.5 Å². The van der Waals surface area contributed by atoms with Crippen LogP contribution in [0.1, 0.15) is 37.6 Å². The van der Waals surface area contributed by atoms with Crippen LogP contribution in [0, 0.1) is 5.92 Å². The van der Waals surface area contributed by atoms with Crippen LogP contribution in [0.25, 0.3) is 0 Å². The third kappa shape index (κ3) is 5.17. The Morgan fingerprint density at radius 1 is 1.43 bits per heavy atom. The van der Waals surface area contributed by atoms with E-state index in [0.29, 0.717) is 6.42 Å². The van der Waals surface area contributed by atoms with E-state index in [1.54, 1.807) is 6.92 Å². The van der Waals surface area contributed by atoms with Crippen LogP contribution in [0.15, 0.2) is 23.1 Å². The molecule has 3 N–H and O–H groups in total. The highest BCUT2D eigenvalue weighted by atomic mass is 35.5. The van der Waals surface area contributed by atoms with Crippen molar-refractivity contribution in [3.05, 3.63) is 28.8 Å². The molecule has 0 fully saturated rings. The minimum absolute atomic E-state index is 0.0121. The zero-order chi connectivity index (χ0) is 17.8. The first kappa shape index (κ1) is 19.9. The van der Waals surface area contributed by atoms with E-state index in [2.05, 4.69) is 9.46 Å². The first-order valence-electron chi connectivity index (χ1n) is 7.16. The maximum Gasteiger partial charge on any atom is 0.339 e. The molecule has 0 spiro atoms. The van der Waals surface area contributed by atoms with Gasteiger partial charge in [-0.1, -0.05) is 25.4 Å². The van der Waals surface area contributed by atoms with Crippen molar-refractivity contribution < 1.29 is 17.9 Å². The van der Waals surface area contributed by atoms with Crippen molar-refractivity contribution in [3.8, 4) is 0 Å². The molecule has 130 valence electrons. The number of rotatable bonds is 7. The van der Waals surface area contributed by atoms with Gasteiger partial charge in [0.1, 0.15) is 0 Å². The quantitative estimate of drug-likeness (QED) is 0.724. The van der Waals surface area contributed by atoms with E-state index >= 15 is 0 Å². The molecule has 0 aliphatic carbocycles. The van der Waals surface area contributed by atoms with E-state index in [1.165, 1.54) is 25.3 Å². The molecule has 0 radical (unpaired) electrons. The minimum atomic E-state index is -3.81. The minimum Gasteiger partial charge on any atom is -0.465 e. The van der Waals surface area contributed by atoms with Crippen molar-refractivity contribution in [2.45, 2.75) is 37.6 Å². The Labute approximate surface area is 142 Å². The van der Waals surface area contributed by atoms with E-state index in [1.807, 2.05) is 13.8 Å². The second kappa shape index (κ2) is 7.61. The molecule has 23 heavy (non-hydrogen) atoms. The van der Waals surface area contributed by atoms with E-state index in [4.69, 9.17) is 17.3 Å². The monoisotopic (exact) mass is 362 g/mol. The number of sulfonamides is 1. The van der Waals surface area contributed by atoms with Gasteiger partial charge < -0.3 is 10.5 Å². The number of hydrogen-bond donors (Lipinski definition) is 2. The maximum absolute atomic E-state index is 12.5. The van der Waals surface area contributed by atoms with Crippen molar-refractivity contribution in [2.75, 3.05) is 13.7 Å². The first-order chi connectivity index (χ1) is 10.5. The van der Waals surface area contributed by atoms with Crippen LogP contribution in [0.5, 0.6) is 0 Å².